The average Bonchev–Trinajstić information content (AvgIpc) is 3.26. The first-order valence-corrected chi connectivity index (χ1v) is 8.60. The molecule has 3 nitrogen and oxygen atoms in total. The minimum absolute atomic E-state index is 0.0458. The standard InChI is InChI=1S/C18H20ClFN2O/c1-9-6-12(10-2-3-10)15-13(18(9)23)7-14(20)17(16(15)19)22-5-4-11(21)8-22/h6-7,10-12H,2-5,8,21H2,1H3. The smallest absolute Gasteiger partial charge is 0.188 e. The Kier molecular flexibility index (Phi) is 3.50. The molecule has 0 bridgehead atoms. The summed E-state index contributed by atoms with van der Waals surface area (Å²) in [6.07, 6.45) is 5.13. The van der Waals surface area contributed by atoms with Gasteiger partial charge in [0.15, 0.2) is 5.78 Å². The third-order valence-corrected chi connectivity index (χ3v) is 5.65. The van der Waals surface area contributed by atoms with Crippen LogP contribution in [0.5, 0.6) is 0 Å². The molecule has 122 valence electrons. The molecule has 1 heterocycles. The Morgan fingerprint density at radius 3 is 2.70 bits per heavy atom. The molecule has 5 heteroatoms. The van der Waals surface area contributed by atoms with E-state index in [1.807, 2.05) is 11.0 Å². The van der Waals surface area contributed by atoms with Crippen LogP contribution in [0, 0.1) is 11.7 Å². The van der Waals surface area contributed by atoms with Crippen molar-refractivity contribution in [3.63, 3.8) is 0 Å². The lowest BCUT2D eigenvalue weighted by molar-refractivity contribution is 0.102. The highest BCUT2D eigenvalue weighted by Crippen LogP contribution is 2.51. The summed E-state index contributed by atoms with van der Waals surface area (Å²) in [5.74, 6) is 0.127. The number of nitrogens with two attached hydrogens (primary N) is 1. The molecule has 1 saturated heterocycles. The van der Waals surface area contributed by atoms with Gasteiger partial charge in [0.1, 0.15) is 5.82 Å². The molecule has 0 aromatic heterocycles. The average molecular weight is 335 g/mol. The first-order chi connectivity index (χ1) is 11.0. The Bertz CT molecular complexity index is 726. The molecule has 2 N–H and O–H groups in total. The van der Waals surface area contributed by atoms with Gasteiger partial charge >= 0.3 is 0 Å². The van der Waals surface area contributed by atoms with Gasteiger partial charge in [-0.25, -0.2) is 4.39 Å². The Morgan fingerprint density at radius 2 is 2.09 bits per heavy atom. The summed E-state index contributed by atoms with van der Waals surface area (Å²) in [5.41, 5.74) is 8.33. The topological polar surface area (TPSA) is 46.3 Å². The number of benzene rings is 1. The Balaban J connectivity index is 1.87. The second-order valence-corrected chi connectivity index (χ2v) is 7.40. The number of anilines is 1. The lowest BCUT2D eigenvalue weighted by atomic mass is 9.80. The third-order valence-electron chi connectivity index (χ3n) is 5.27. The number of Topliss-reactive ketones (excluding diaryl/α,β-unsaturated/α-hetero) is 1. The van der Waals surface area contributed by atoms with E-state index in [1.165, 1.54) is 6.07 Å². The molecular weight excluding hydrogens is 315 g/mol. The van der Waals surface area contributed by atoms with Crippen molar-refractivity contribution < 1.29 is 9.18 Å². The van der Waals surface area contributed by atoms with Crippen molar-refractivity contribution in [2.75, 3.05) is 18.0 Å². The van der Waals surface area contributed by atoms with Crippen molar-refractivity contribution >= 4 is 23.1 Å². The van der Waals surface area contributed by atoms with E-state index in [0.717, 1.165) is 24.8 Å². The number of rotatable bonds is 2. The summed E-state index contributed by atoms with van der Waals surface area (Å²) >= 11 is 6.64. The van der Waals surface area contributed by atoms with Crippen LogP contribution in [0.25, 0.3) is 0 Å². The molecular formula is C18H20ClFN2O. The molecule has 3 aliphatic rings. The lowest BCUT2D eigenvalue weighted by Gasteiger charge is -2.28. The van der Waals surface area contributed by atoms with Gasteiger partial charge in [-0.15, -0.1) is 0 Å². The number of nitrogens with zero attached hydrogens (tertiary/aromatic N) is 1. The summed E-state index contributed by atoms with van der Waals surface area (Å²) in [6.45, 7) is 3.11. The summed E-state index contributed by atoms with van der Waals surface area (Å²) < 4.78 is 14.7. The van der Waals surface area contributed by atoms with Gasteiger partial charge in [-0.05, 0) is 49.3 Å². The van der Waals surface area contributed by atoms with Crippen LogP contribution in [0.1, 0.15) is 48.0 Å². The summed E-state index contributed by atoms with van der Waals surface area (Å²) in [6, 6.07) is 1.43. The van der Waals surface area contributed by atoms with E-state index in [4.69, 9.17) is 17.3 Å². The zero-order valence-corrected chi connectivity index (χ0v) is 13.9. The van der Waals surface area contributed by atoms with Gasteiger partial charge in [0.05, 0.1) is 10.7 Å². The maximum Gasteiger partial charge on any atom is 0.188 e. The minimum atomic E-state index is -0.416. The fraction of sp³-hybridized carbons (Fsp3) is 0.500. The normalized spacial score (nSPS) is 27.2. The molecule has 0 amide bonds. The van der Waals surface area contributed by atoms with Crippen LogP contribution in [0.2, 0.25) is 5.02 Å². The molecule has 0 radical (unpaired) electrons. The first-order valence-electron chi connectivity index (χ1n) is 8.23. The molecule has 1 aromatic carbocycles. The molecule has 2 unspecified atom stereocenters. The molecule has 0 spiro atoms. The van der Waals surface area contributed by atoms with Crippen molar-refractivity contribution in [3.8, 4) is 0 Å². The first kappa shape index (κ1) is 15.2. The quantitative estimate of drug-likeness (QED) is 0.898. The molecule has 2 fully saturated rings. The predicted molar refractivity (Wildman–Crippen MR) is 89.8 cm³/mol. The number of hydrogen-bond donors (Lipinski definition) is 1. The summed E-state index contributed by atoms with van der Waals surface area (Å²) in [7, 11) is 0. The van der Waals surface area contributed by atoms with E-state index >= 15 is 0 Å². The van der Waals surface area contributed by atoms with Crippen LogP contribution in [0.15, 0.2) is 17.7 Å². The minimum Gasteiger partial charge on any atom is -0.366 e. The maximum absolute atomic E-state index is 14.7. The third kappa shape index (κ3) is 2.39. The van der Waals surface area contributed by atoms with Crippen LogP contribution in [0.3, 0.4) is 0 Å². The van der Waals surface area contributed by atoms with Crippen molar-refractivity contribution in [1.29, 1.82) is 0 Å². The van der Waals surface area contributed by atoms with Gasteiger partial charge in [0.25, 0.3) is 0 Å². The SMILES string of the molecule is CC1=CC(C2CC2)c2c(cc(F)c(N3CCC(N)C3)c2Cl)C1=O. The highest BCUT2D eigenvalue weighted by molar-refractivity contribution is 6.35. The number of fused-ring (bicyclic) bond motifs is 1. The van der Waals surface area contributed by atoms with Gasteiger partial charge in [-0.1, -0.05) is 17.7 Å². The van der Waals surface area contributed by atoms with E-state index in [9.17, 15) is 9.18 Å². The van der Waals surface area contributed by atoms with Crippen molar-refractivity contribution in [2.24, 2.45) is 11.7 Å². The Labute approximate surface area is 140 Å². The van der Waals surface area contributed by atoms with E-state index in [-0.39, 0.29) is 17.7 Å². The number of hydrogen-bond acceptors (Lipinski definition) is 3. The molecule has 2 atom stereocenters. The Morgan fingerprint density at radius 1 is 1.35 bits per heavy atom. The van der Waals surface area contributed by atoms with Gasteiger partial charge in [-0.2, -0.15) is 0 Å². The molecule has 2 aliphatic carbocycles. The van der Waals surface area contributed by atoms with Crippen LogP contribution in [-0.2, 0) is 0 Å². The molecule has 1 aliphatic heterocycles. The van der Waals surface area contributed by atoms with Crippen LogP contribution in [0.4, 0.5) is 10.1 Å². The van der Waals surface area contributed by atoms with Crippen molar-refractivity contribution in [3.05, 3.63) is 39.7 Å². The van der Waals surface area contributed by atoms with Gasteiger partial charge in [-0.3, -0.25) is 4.79 Å². The van der Waals surface area contributed by atoms with Crippen LogP contribution in [-0.4, -0.2) is 24.9 Å². The van der Waals surface area contributed by atoms with Crippen molar-refractivity contribution in [1.82, 2.24) is 0 Å². The van der Waals surface area contributed by atoms with Gasteiger partial charge < -0.3 is 10.6 Å². The van der Waals surface area contributed by atoms with E-state index in [2.05, 4.69) is 0 Å². The summed E-state index contributed by atoms with van der Waals surface area (Å²) in [4.78, 5) is 14.4. The number of carbonyl (C=O) groups is 1. The molecule has 23 heavy (non-hydrogen) atoms. The number of halogens is 2. The highest BCUT2D eigenvalue weighted by atomic mass is 35.5. The van der Waals surface area contributed by atoms with Gasteiger partial charge in [0.2, 0.25) is 0 Å². The van der Waals surface area contributed by atoms with E-state index in [1.54, 1.807) is 6.92 Å². The second-order valence-electron chi connectivity index (χ2n) is 7.02. The predicted octanol–water partition coefficient (Wildman–Crippen LogP) is 3.65. The second kappa shape index (κ2) is 5.32. The maximum atomic E-state index is 14.7. The Hall–Kier alpha value is -1.39. The zero-order chi connectivity index (χ0) is 16.3. The molecule has 1 aromatic rings. The van der Waals surface area contributed by atoms with Gasteiger partial charge in [0, 0.05) is 30.6 Å². The number of carbonyl (C=O) groups excluding carboxylic acids is 1. The van der Waals surface area contributed by atoms with Crippen molar-refractivity contribution in [2.45, 2.75) is 38.1 Å². The number of allylic oxidation sites excluding steroid dienone is 2. The van der Waals surface area contributed by atoms with Crippen LogP contribution < -0.4 is 10.6 Å². The summed E-state index contributed by atoms with van der Waals surface area (Å²) in [5, 5.41) is 0.406. The van der Waals surface area contributed by atoms with E-state index < -0.39 is 5.82 Å². The fourth-order valence-corrected chi connectivity index (χ4v) is 4.32. The van der Waals surface area contributed by atoms with Crippen LogP contribution >= 0.6 is 11.6 Å². The molecule has 1 saturated carbocycles. The largest absolute Gasteiger partial charge is 0.366 e. The lowest BCUT2D eigenvalue weighted by Crippen LogP contribution is -2.28. The molecule has 4 rings (SSSR count). The number of ketones is 1. The monoisotopic (exact) mass is 334 g/mol. The fourth-order valence-electron chi connectivity index (χ4n) is 3.89. The highest BCUT2D eigenvalue weighted by Gasteiger charge is 2.39. The van der Waals surface area contributed by atoms with E-state index in [0.29, 0.717) is 40.9 Å². The zero-order valence-electron chi connectivity index (χ0n) is 13.1.